The molecule has 0 saturated carbocycles. The van der Waals surface area contributed by atoms with Gasteiger partial charge < -0.3 is 10.8 Å². The van der Waals surface area contributed by atoms with E-state index < -0.39 is 11.5 Å². The van der Waals surface area contributed by atoms with Gasteiger partial charge in [0.15, 0.2) is 0 Å². The van der Waals surface area contributed by atoms with Crippen molar-refractivity contribution in [2.45, 2.75) is 25.3 Å². The highest BCUT2D eigenvalue weighted by atomic mass is 16.4. The summed E-state index contributed by atoms with van der Waals surface area (Å²) in [7, 11) is 0. The predicted octanol–water partition coefficient (Wildman–Crippen LogP) is 0.816. The molecule has 1 aromatic rings. The number of aryl methyl sites for hydroxylation is 1. The quantitative estimate of drug-likeness (QED) is 0.743. The van der Waals surface area contributed by atoms with Crippen molar-refractivity contribution in [3.63, 3.8) is 0 Å². The number of carboxylic acids is 1. The molecule has 0 amide bonds. The third kappa shape index (κ3) is 2.81. The maximum absolute atomic E-state index is 10.7. The first-order valence-corrected chi connectivity index (χ1v) is 4.44. The lowest BCUT2D eigenvalue weighted by molar-refractivity contribution is -0.142. The van der Waals surface area contributed by atoms with Crippen molar-refractivity contribution in [1.82, 2.24) is 4.98 Å². The Morgan fingerprint density at radius 1 is 1.64 bits per heavy atom. The molecule has 1 rings (SSSR count). The number of hydrogen-bond acceptors (Lipinski definition) is 3. The first-order chi connectivity index (χ1) is 6.52. The Balaban J connectivity index is 2.53. The van der Waals surface area contributed by atoms with Gasteiger partial charge in [-0.1, -0.05) is 6.07 Å². The molecule has 4 nitrogen and oxygen atoms in total. The highest BCUT2D eigenvalue weighted by molar-refractivity contribution is 5.77. The number of carboxylic acid groups (broad SMARTS) is 1. The van der Waals surface area contributed by atoms with Crippen molar-refractivity contribution < 1.29 is 9.90 Å². The molecule has 0 spiro atoms. The summed E-state index contributed by atoms with van der Waals surface area (Å²) in [5.41, 5.74) is 5.28. The molecule has 1 atom stereocenters. The van der Waals surface area contributed by atoms with Gasteiger partial charge in [-0.2, -0.15) is 0 Å². The lowest BCUT2D eigenvalue weighted by Crippen LogP contribution is -2.45. The van der Waals surface area contributed by atoms with E-state index in [4.69, 9.17) is 10.8 Å². The van der Waals surface area contributed by atoms with E-state index in [-0.39, 0.29) is 0 Å². The number of aromatic nitrogens is 1. The number of aliphatic carboxylic acids is 1. The normalized spacial score (nSPS) is 14.7. The molecular weight excluding hydrogens is 180 g/mol. The van der Waals surface area contributed by atoms with Crippen LogP contribution in [0, 0.1) is 0 Å². The van der Waals surface area contributed by atoms with Crippen molar-refractivity contribution >= 4 is 5.97 Å². The molecule has 0 aliphatic carbocycles. The molecular formula is C10H14N2O2. The molecule has 0 saturated heterocycles. The standard InChI is InChI=1S/C10H14N2O2/c1-10(11,9(13)14)6-5-8-4-2-3-7-12-8/h2-4,7H,5-6,11H2,1H3,(H,13,14). The van der Waals surface area contributed by atoms with Gasteiger partial charge in [-0.15, -0.1) is 0 Å². The summed E-state index contributed by atoms with van der Waals surface area (Å²) < 4.78 is 0. The Morgan fingerprint density at radius 3 is 2.86 bits per heavy atom. The van der Waals surface area contributed by atoms with E-state index in [1.165, 1.54) is 6.92 Å². The van der Waals surface area contributed by atoms with Crippen LogP contribution in [0.2, 0.25) is 0 Å². The molecule has 0 aliphatic heterocycles. The highest BCUT2D eigenvalue weighted by Gasteiger charge is 2.27. The molecule has 1 heterocycles. The maximum Gasteiger partial charge on any atom is 0.323 e. The monoisotopic (exact) mass is 194 g/mol. The fourth-order valence-corrected chi connectivity index (χ4v) is 1.04. The van der Waals surface area contributed by atoms with E-state index in [0.717, 1.165) is 5.69 Å². The average Bonchev–Trinajstić information content (AvgIpc) is 2.16. The Morgan fingerprint density at radius 2 is 2.36 bits per heavy atom. The third-order valence-corrected chi connectivity index (χ3v) is 2.12. The fourth-order valence-electron chi connectivity index (χ4n) is 1.04. The third-order valence-electron chi connectivity index (χ3n) is 2.12. The number of hydrogen-bond donors (Lipinski definition) is 2. The second-order valence-electron chi connectivity index (χ2n) is 3.54. The maximum atomic E-state index is 10.7. The van der Waals surface area contributed by atoms with Crippen LogP contribution >= 0.6 is 0 Å². The summed E-state index contributed by atoms with van der Waals surface area (Å²) in [6.45, 7) is 1.51. The minimum atomic E-state index is -1.17. The average molecular weight is 194 g/mol. The summed E-state index contributed by atoms with van der Waals surface area (Å²) in [6, 6.07) is 5.55. The molecule has 0 aliphatic rings. The molecule has 76 valence electrons. The van der Waals surface area contributed by atoms with E-state index in [1.54, 1.807) is 6.20 Å². The van der Waals surface area contributed by atoms with Crippen molar-refractivity contribution in [1.29, 1.82) is 0 Å². The molecule has 1 aromatic heterocycles. The number of rotatable bonds is 4. The molecule has 0 fully saturated rings. The van der Waals surface area contributed by atoms with Gasteiger partial charge in [0.2, 0.25) is 0 Å². The van der Waals surface area contributed by atoms with Crippen molar-refractivity contribution in [2.75, 3.05) is 0 Å². The summed E-state index contributed by atoms with van der Waals surface area (Å²) in [6.07, 6.45) is 2.66. The summed E-state index contributed by atoms with van der Waals surface area (Å²) in [4.78, 5) is 14.8. The van der Waals surface area contributed by atoms with Crippen molar-refractivity contribution in [3.05, 3.63) is 30.1 Å². The Kier molecular flexibility index (Phi) is 3.19. The fraction of sp³-hybridized carbons (Fsp3) is 0.400. The predicted molar refractivity (Wildman–Crippen MR) is 52.8 cm³/mol. The van der Waals surface area contributed by atoms with Gasteiger partial charge in [0.1, 0.15) is 5.54 Å². The Labute approximate surface area is 82.8 Å². The molecule has 4 heteroatoms. The summed E-state index contributed by atoms with van der Waals surface area (Å²) in [5, 5.41) is 8.77. The molecule has 0 bridgehead atoms. The first-order valence-electron chi connectivity index (χ1n) is 4.44. The van der Waals surface area contributed by atoms with Crippen LogP contribution in [0.3, 0.4) is 0 Å². The van der Waals surface area contributed by atoms with Gasteiger partial charge in [0.05, 0.1) is 0 Å². The van der Waals surface area contributed by atoms with Gasteiger partial charge in [0.25, 0.3) is 0 Å². The van der Waals surface area contributed by atoms with Crippen LogP contribution < -0.4 is 5.73 Å². The molecule has 0 radical (unpaired) electrons. The van der Waals surface area contributed by atoms with Crippen molar-refractivity contribution in [2.24, 2.45) is 5.73 Å². The Hall–Kier alpha value is -1.42. The zero-order chi connectivity index (χ0) is 10.6. The van der Waals surface area contributed by atoms with Crippen LogP contribution in [0.25, 0.3) is 0 Å². The van der Waals surface area contributed by atoms with Crippen LogP contribution in [-0.2, 0) is 11.2 Å². The number of pyridine rings is 1. The molecule has 3 N–H and O–H groups in total. The summed E-state index contributed by atoms with van der Waals surface area (Å²) in [5.74, 6) is -0.978. The molecule has 0 aromatic carbocycles. The van der Waals surface area contributed by atoms with Gasteiger partial charge in [-0.05, 0) is 31.9 Å². The SMILES string of the molecule is CC(N)(CCc1ccccn1)C(=O)O. The molecule has 14 heavy (non-hydrogen) atoms. The van der Waals surface area contributed by atoms with E-state index in [9.17, 15) is 4.79 Å². The largest absolute Gasteiger partial charge is 0.480 e. The van der Waals surface area contributed by atoms with Crippen LogP contribution in [0.15, 0.2) is 24.4 Å². The zero-order valence-corrected chi connectivity index (χ0v) is 8.10. The van der Waals surface area contributed by atoms with Crippen LogP contribution in [0.5, 0.6) is 0 Å². The van der Waals surface area contributed by atoms with E-state index in [2.05, 4.69) is 4.98 Å². The lowest BCUT2D eigenvalue weighted by atomic mass is 9.96. The smallest absolute Gasteiger partial charge is 0.323 e. The number of nitrogens with two attached hydrogens (primary N) is 1. The van der Waals surface area contributed by atoms with Gasteiger partial charge in [0, 0.05) is 11.9 Å². The number of carbonyl (C=O) groups is 1. The second-order valence-corrected chi connectivity index (χ2v) is 3.54. The van der Waals surface area contributed by atoms with E-state index >= 15 is 0 Å². The van der Waals surface area contributed by atoms with Crippen LogP contribution in [0.4, 0.5) is 0 Å². The van der Waals surface area contributed by atoms with Crippen LogP contribution in [-0.4, -0.2) is 21.6 Å². The van der Waals surface area contributed by atoms with Gasteiger partial charge in [-0.25, -0.2) is 0 Å². The van der Waals surface area contributed by atoms with Gasteiger partial charge >= 0.3 is 5.97 Å². The highest BCUT2D eigenvalue weighted by Crippen LogP contribution is 2.10. The Bertz CT molecular complexity index is 309. The van der Waals surface area contributed by atoms with Crippen LogP contribution in [0.1, 0.15) is 19.0 Å². The second kappa shape index (κ2) is 4.19. The first kappa shape index (κ1) is 10.7. The lowest BCUT2D eigenvalue weighted by Gasteiger charge is -2.18. The van der Waals surface area contributed by atoms with E-state index in [0.29, 0.717) is 12.8 Å². The zero-order valence-electron chi connectivity index (χ0n) is 8.10. The minimum absolute atomic E-state index is 0.388. The van der Waals surface area contributed by atoms with Crippen molar-refractivity contribution in [3.8, 4) is 0 Å². The topological polar surface area (TPSA) is 76.2 Å². The number of nitrogens with zero attached hydrogens (tertiary/aromatic N) is 1. The minimum Gasteiger partial charge on any atom is -0.480 e. The summed E-state index contributed by atoms with van der Waals surface area (Å²) >= 11 is 0. The van der Waals surface area contributed by atoms with Gasteiger partial charge in [-0.3, -0.25) is 9.78 Å². The van der Waals surface area contributed by atoms with E-state index in [1.807, 2.05) is 18.2 Å². The molecule has 1 unspecified atom stereocenters.